The molecule has 0 radical (unpaired) electrons. The molecule has 0 spiro atoms. The fraction of sp³-hybridized carbons (Fsp3) is 0. The van der Waals surface area contributed by atoms with Crippen LogP contribution in [0.2, 0.25) is 0 Å². The first-order valence-electron chi connectivity index (χ1n) is 2.83. The lowest BCUT2D eigenvalue weighted by Crippen LogP contribution is -1.88. The van der Waals surface area contributed by atoms with Gasteiger partial charge in [-0.25, -0.2) is 4.98 Å². The summed E-state index contributed by atoms with van der Waals surface area (Å²) < 4.78 is 4.65. The lowest BCUT2D eigenvalue weighted by Gasteiger charge is -1.86. The molecule has 0 bridgehead atoms. The van der Waals surface area contributed by atoms with Crippen molar-refractivity contribution in [3.05, 3.63) is 18.4 Å². The summed E-state index contributed by atoms with van der Waals surface area (Å²) in [6, 6.07) is 3.52. The van der Waals surface area contributed by atoms with Gasteiger partial charge in [0.05, 0.1) is 5.39 Å². The SMILES string of the molecule is Nc1ccc2conc2n1. The minimum Gasteiger partial charge on any atom is -0.384 e. The molecule has 0 aliphatic heterocycles. The minimum atomic E-state index is 0.460. The van der Waals surface area contributed by atoms with Gasteiger partial charge in [0.15, 0.2) is 0 Å². The van der Waals surface area contributed by atoms with E-state index in [4.69, 9.17) is 5.73 Å². The molecule has 4 heteroatoms. The second-order valence-corrected chi connectivity index (χ2v) is 1.96. The number of nitrogen functional groups attached to an aromatic ring is 1. The van der Waals surface area contributed by atoms with E-state index >= 15 is 0 Å². The number of hydrogen-bond donors (Lipinski definition) is 1. The number of nitrogens with two attached hydrogens (primary N) is 1. The Bertz CT molecular complexity index is 355. The second-order valence-electron chi connectivity index (χ2n) is 1.96. The zero-order chi connectivity index (χ0) is 6.97. The molecule has 0 aromatic carbocycles. The Labute approximate surface area is 56.6 Å². The molecule has 0 unspecified atom stereocenters. The van der Waals surface area contributed by atoms with Crippen LogP contribution in [0.5, 0.6) is 0 Å². The molecule has 2 heterocycles. The molecule has 10 heavy (non-hydrogen) atoms. The molecule has 0 saturated carbocycles. The van der Waals surface area contributed by atoms with Crippen molar-refractivity contribution < 1.29 is 4.52 Å². The van der Waals surface area contributed by atoms with Crippen molar-refractivity contribution in [1.29, 1.82) is 0 Å². The van der Waals surface area contributed by atoms with Crippen LogP contribution < -0.4 is 5.73 Å². The summed E-state index contributed by atoms with van der Waals surface area (Å²) in [6.07, 6.45) is 1.53. The molecule has 0 amide bonds. The van der Waals surface area contributed by atoms with Crippen molar-refractivity contribution in [2.24, 2.45) is 0 Å². The Hall–Kier alpha value is -1.58. The lowest BCUT2D eigenvalue weighted by molar-refractivity contribution is 0.427. The standard InChI is InChI=1S/C6H5N3O/c7-5-2-1-4-3-10-9-6(4)8-5/h1-3H,(H2,7,8,9). The van der Waals surface area contributed by atoms with Gasteiger partial charge in [-0.2, -0.15) is 0 Å². The smallest absolute Gasteiger partial charge is 0.204 e. The number of anilines is 1. The van der Waals surface area contributed by atoms with Crippen molar-refractivity contribution in [2.45, 2.75) is 0 Å². The molecule has 2 N–H and O–H groups in total. The topological polar surface area (TPSA) is 64.9 Å². The van der Waals surface area contributed by atoms with Crippen LogP contribution >= 0.6 is 0 Å². The number of aromatic nitrogens is 2. The highest BCUT2D eigenvalue weighted by Gasteiger charge is 1.97. The summed E-state index contributed by atoms with van der Waals surface area (Å²) in [6.45, 7) is 0. The second kappa shape index (κ2) is 1.70. The third kappa shape index (κ3) is 0.621. The Balaban J connectivity index is 2.86. The van der Waals surface area contributed by atoms with Gasteiger partial charge < -0.3 is 10.3 Å². The maximum atomic E-state index is 5.39. The summed E-state index contributed by atoms with van der Waals surface area (Å²) in [5.74, 6) is 0.460. The summed E-state index contributed by atoms with van der Waals surface area (Å²) in [5, 5.41) is 4.48. The monoisotopic (exact) mass is 135 g/mol. The van der Waals surface area contributed by atoms with Crippen molar-refractivity contribution in [3.63, 3.8) is 0 Å². The van der Waals surface area contributed by atoms with Gasteiger partial charge in [-0.05, 0) is 12.1 Å². The minimum absolute atomic E-state index is 0.460. The lowest BCUT2D eigenvalue weighted by atomic mass is 10.3. The molecule has 0 aliphatic carbocycles. The first-order valence-corrected chi connectivity index (χ1v) is 2.83. The van der Waals surface area contributed by atoms with Gasteiger partial charge in [-0.15, -0.1) is 0 Å². The molecule has 0 aliphatic rings. The van der Waals surface area contributed by atoms with Gasteiger partial charge in [0.2, 0.25) is 5.65 Å². The molecule has 4 nitrogen and oxygen atoms in total. The van der Waals surface area contributed by atoms with Crippen LogP contribution in [-0.2, 0) is 0 Å². The van der Waals surface area contributed by atoms with E-state index in [0.29, 0.717) is 11.5 Å². The maximum absolute atomic E-state index is 5.39. The highest BCUT2D eigenvalue weighted by atomic mass is 16.5. The third-order valence-corrected chi connectivity index (χ3v) is 1.25. The van der Waals surface area contributed by atoms with Gasteiger partial charge in [-0.3, -0.25) is 0 Å². The number of hydrogen-bond acceptors (Lipinski definition) is 4. The summed E-state index contributed by atoms with van der Waals surface area (Å²) in [7, 11) is 0. The average Bonchev–Trinajstić information content (AvgIpc) is 2.33. The first kappa shape index (κ1) is 5.22. The van der Waals surface area contributed by atoms with Crippen LogP contribution in [0.3, 0.4) is 0 Å². The molecule has 0 fully saturated rings. The van der Waals surface area contributed by atoms with Crippen molar-refractivity contribution in [1.82, 2.24) is 10.1 Å². The summed E-state index contributed by atoms with van der Waals surface area (Å²) in [5.41, 5.74) is 5.95. The van der Waals surface area contributed by atoms with Gasteiger partial charge in [-0.1, -0.05) is 5.16 Å². The van der Waals surface area contributed by atoms with E-state index in [1.807, 2.05) is 6.07 Å². The zero-order valence-electron chi connectivity index (χ0n) is 5.11. The van der Waals surface area contributed by atoms with Crippen molar-refractivity contribution >= 4 is 16.9 Å². The average molecular weight is 135 g/mol. The van der Waals surface area contributed by atoms with Crippen LogP contribution in [0.15, 0.2) is 22.9 Å². The fourth-order valence-electron chi connectivity index (χ4n) is 0.772. The fourth-order valence-corrected chi connectivity index (χ4v) is 0.772. The molecule has 0 atom stereocenters. The molecule has 0 saturated heterocycles. The first-order chi connectivity index (χ1) is 4.86. The van der Waals surface area contributed by atoms with E-state index in [2.05, 4.69) is 14.7 Å². The number of nitrogens with zero attached hydrogens (tertiary/aromatic N) is 2. The van der Waals surface area contributed by atoms with E-state index in [0.717, 1.165) is 5.39 Å². The Morgan fingerprint density at radius 2 is 2.30 bits per heavy atom. The Kier molecular flexibility index (Phi) is 0.887. The predicted molar refractivity (Wildman–Crippen MR) is 36.2 cm³/mol. The van der Waals surface area contributed by atoms with Gasteiger partial charge in [0.1, 0.15) is 12.1 Å². The molecule has 2 rings (SSSR count). The van der Waals surface area contributed by atoms with Crippen LogP contribution in [0, 0.1) is 0 Å². The van der Waals surface area contributed by atoms with E-state index in [1.54, 1.807) is 6.07 Å². The molecule has 2 aromatic rings. The third-order valence-electron chi connectivity index (χ3n) is 1.25. The summed E-state index contributed by atoms with van der Waals surface area (Å²) in [4.78, 5) is 3.91. The molecule has 2 aromatic heterocycles. The van der Waals surface area contributed by atoms with Crippen LogP contribution in [0.25, 0.3) is 11.0 Å². The van der Waals surface area contributed by atoms with Gasteiger partial charge in [0, 0.05) is 0 Å². The normalized spacial score (nSPS) is 10.4. The largest absolute Gasteiger partial charge is 0.384 e. The van der Waals surface area contributed by atoms with E-state index in [9.17, 15) is 0 Å². The highest BCUT2D eigenvalue weighted by Crippen LogP contribution is 2.10. The van der Waals surface area contributed by atoms with Crippen molar-refractivity contribution in [2.75, 3.05) is 5.73 Å². The van der Waals surface area contributed by atoms with Crippen LogP contribution in [0.1, 0.15) is 0 Å². The maximum Gasteiger partial charge on any atom is 0.204 e. The van der Waals surface area contributed by atoms with Crippen molar-refractivity contribution in [3.8, 4) is 0 Å². The van der Waals surface area contributed by atoms with E-state index in [-0.39, 0.29) is 0 Å². The van der Waals surface area contributed by atoms with Crippen LogP contribution in [0.4, 0.5) is 5.82 Å². The van der Waals surface area contributed by atoms with E-state index < -0.39 is 0 Å². The Morgan fingerprint density at radius 1 is 1.40 bits per heavy atom. The van der Waals surface area contributed by atoms with E-state index in [1.165, 1.54) is 6.26 Å². The van der Waals surface area contributed by atoms with Gasteiger partial charge in [0.25, 0.3) is 0 Å². The predicted octanol–water partition coefficient (Wildman–Crippen LogP) is 0.805. The zero-order valence-corrected chi connectivity index (χ0v) is 5.11. The quantitative estimate of drug-likeness (QED) is 0.580. The Morgan fingerprint density at radius 3 is 3.20 bits per heavy atom. The molecular formula is C6H5N3O. The summed E-state index contributed by atoms with van der Waals surface area (Å²) >= 11 is 0. The number of rotatable bonds is 0. The number of fused-ring (bicyclic) bond motifs is 1. The molecule has 50 valence electrons. The highest BCUT2D eigenvalue weighted by molar-refractivity contribution is 5.74. The van der Waals surface area contributed by atoms with Crippen LogP contribution in [-0.4, -0.2) is 10.1 Å². The number of pyridine rings is 1. The van der Waals surface area contributed by atoms with Gasteiger partial charge >= 0.3 is 0 Å². The molecular weight excluding hydrogens is 130 g/mol.